The molecular formula is C21H21O4P. The van der Waals surface area contributed by atoms with Gasteiger partial charge in [-0.05, 0) is 68.2 Å². The van der Waals surface area contributed by atoms with E-state index in [1.807, 2.05) is 0 Å². The molecule has 3 aromatic rings. The van der Waals surface area contributed by atoms with Gasteiger partial charge >= 0.3 is 7.82 Å². The Kier molecular flexibility index (Phi) is 3.27. The van der Waals surface area contributed by atoms with E-state index in [9.17, 15) is 4.57 Å². The zero-order chi connectivity index (χ0) is 24.6. The van der Waals surface area contributed by atoms with Crippen molar-refractivity contribution in [1.82, 2.24) is 0 Å². The van der Waals surface area contributed by atoms with Crippen LogP contribution >= 0.6 is 7.82 Å². The SMILES string of the molecule is [2H]c1c([2H])c(C([2H])([2H])[2H])c([2H])c([2H])c1OP(=O)(Oc1cccc(C)c1)Oc1cccc(C)c1. The van der Waals surface area contributed by atoms with Crippen LogP contribution in [0.1, 0.15) is 26.3 Å². The lowest BCUT2D eigenvalue weighted by atomic mass is 10.2. The van der Waals surface area contributed by atoms with Crippen LogP contribution in [0.25, 0.3) is 0 Å². The van der Waals surface area contributed by atoms with E-state index < -0.39 is 50.2 Å². The molecule has 0 aliphatic heterocycles. The topological polar surface area (TPSA) is 44.8 Å². The molecule has 5 heteroatoms. The van der Waals surface area contributed by atoms with Gasteiger partial charge in [-0.3, -0.25) is 0 Å². The first-order chi connectivity index (χ1) is 15.3. The Morgan fingerprint density at radius 2 is 1.27 bits per heavy atom. The molecule has 0 bridgehead atoms. The van der Waals surface area contributed by atoms with Gasteiger partial charge in [0.25, 0.3) is 0 Å². The van der Waals surface area contributed by atoms with Crippen molar-refractivity contribution in [2.75, 3.05) is 0 Å². The fourth-order valence-corrected chi connectivity index (χ4v) is 3.29. The van der Waals surface area contributed by atoms with Gasteiger partial charge in [0.1, 0.15) is 17.2 Å². The predicted octanol–water partition coefficient (Wildman–Crippen LogP) is 6.26. The molecule has 0 saturated heterocycles. The lowest BCUT2D eigenvalue weighted by Crippen LogP contribution is -2.07. The predicted molar refractivity (Wildman–Crippen MR) is 103 cm³/mol. The highest BCUT2D eigenvalue weighted by Crippen LogP contribution is 2.49. The Bertz CT molecular complexity index is 1160. The number of benzene rings is 3. The molecule has 3 aromatic carbocycles. The second-order valence-corrected chi connectivity index (χ2v) is 7.00. The van der Waals surface area contributed by atoms with Crippen LogP contribution < -0.4 is 13.6 Å². The number of hydrogen-bond acceptors (Lipinski definition) is 4. The fraction of sp³-hybridized carbons (Fsp3) is 0.143. The van der Waals surface area contributed by atoms with Gasteiger partial charge < -0.3 is 13.6 Å². The lowest BCUT2D eigenvalue weighted by Gasteiger charge is -2.20. The Morgan fingerprint density at radius 3 is 1.73 bits per heavy atom. The third kappa shape index (κ3) is 4.90. The van der Waals surface area contributed by atoms with Crippen LogP contribution in [0.5, 0.6) is 17.2 Å². The van der Waals surface area contributed by atoms with Crippen molar-refractivity contribution in [3.05, 3.63) is 89.4 Å². The van der Waals surface area contributed by atoms with Gasteiger partial charge in [-0.1, -0.05) is 41.9 Å². The molecule has 0 unspecified atom stereocenters. The molecule has 134 valence electrons. The fourth-order valence-electron chi connectivity index (χ4n) is 2.12. The van der Waals surface area contributed by atoms with Crippen molar-refractivity contribution >= 4 is 7.82 Å². The van der Waals surface area contributed by atoms with Gasteiger partial charge in [-0.15, -0.1) is 0 Å². The van der Waals surface area contributed by atoms with Gasteiger partial charge in [0.05, 0.1) is 5.48 Å². The third-order valence-electron chi connectivity index (χ3n) is 3.22. The van der Waals surface area contributed by atoms with E-state index in [1.165, 1.54) is 12.1 Å². The van der Waals surface area contributed by atoms with Gasteiger partial charge in [0, 0.05) is 4.11 Å². The summed E-state index contributed by atoms with van der Waals surface area (Å²) in [5, 5.41) is 0. The molecule has 0 N–H and O–H groups in total. The molecule has 3 rings (SSSR count). The van der Waals surface area contributed by atoms with Gasteiger partial charge in [-0.25, -0.2) is 0 Å². The van der Waals surface area contributed by atoms with Gasteiger partial charge in [-0.2, -0.15) is 4.57 Å². The zero-order valence-electron chi connectivity index (χ0n) is 21.2. The lowest BCUT2D eigenvalue weighted by molar-refractivity contribution is 0.298. The first kappa shape index (κ1) is 11.1. The summed E-state index contributed by atoms with van der Waals surface area (Å²) in [6.45, 7) is 0.685. The van der Waals surface area contributed by atoms with Crippen molar-refractivity contribution in [2.24, 2.45) is 0 Å². The minimum atomic E-state index is -4.62. The monoisotopic (exact) mass is 375 g/mol. The highest BCUT2D eigenvalue weighted by atomic mass is 31.2. The molecule has 0 fully saturated rings. The van der Waals surface area contributed by atoms with E-state index in [2.05, 4.69) is 0 Å². The van der Waals surface area contributed by atoms with E-state index in [-0.39, 0.29) is 11.5 Å². The van der Waals surface area contributed by atoms with E-state index in [0.29, 0.717) is 0 Å². The maximum Gasteiger partial charge on any atom is 0.647 e. The first-order valence-electron chi connectivity index (χ1n) is 11.2. The largest absolute Gasteiger partial charge is 0.647 e. The van der Waals surface area contributed by atoms with E-state index in [4.69, 9.17) is 23.2 Å². The highest BCUT2D eigenvalue weighted by Gasteiger charge is 2.33. The minimum absolute atomic E-state index is 0.125. The summed E-state index contributed by atoms with van der Waals surface area (Å²) >= 11 is 0. The average Bonchev–Trinajstić information content (AvgIpc) is 2.69. The van der Waals surface area contributed by atoms with Crippen molar-refractivity contribution in [1.29, 1.82) is 0 Å². The van der Waals surface area contributed by atoms with Crippen LogP contribution in [0.2, 0.25) is 0 Å². The first-order valence-corrected chi connectivity index (χ1v) is 9.20. The standard InChI is InChI=1S/C21H21O4P/c1-16-10-12-19(13-11-16)23-26(22,24-20-8-4-6-17(2)14-20)25-21-9-5-7-18(3)15-21/h4-15H,1-3H3/i1D3,10D,11D,12D,13D. The molecule has 0 aromatic heterocycles. The number of aryl methyl sites for hydroxylation is 2. The molecule has 0 atom stereocenters. The Morgan fingerprint density at radius 1 is 0.769 bits per heavy atom. The summed E-state index contributed by atoms with van der Waals surface area (Å²) in [6, 6.07) is 9.76. The van der Waals surface area contributed by atoms with Crippen LogP contribution in [0.4, 0.5) is 0 Å². The van der Waals surface area contributed by atoms with E-state index >= 15 is 0 Å². The number of rotatable bonds is 6. The normalized spacial score (nSPS) is 15.4. The van der Waals surface area contributed by atoms with Gasteiger partial charge in [0.15, 0.2) is 0 Å². The smallest absolute Gasteiger partial charge is 0.386 e. The number of phosphoric acid groups is 1. The summed E-state index contributed by atoms with van der Waals surface area (Å²) < 4.78 is 85.1. The summed E-state index contributed by atoms with van der Waals surface area (Å²) in [5.74, 6) is -0.498. The Balaban J connectivity index is 2.11. The molecule has 0 amide bonds. The van der Waals surface area contributed by atoms with Crippen molar-refractivity contribution < 1.29 is 27.7 Å². The van der Waals surface area contributed by atoms with E-state index in [0.717, 1.165) is 11.1 Å². The summed E-state index contributed by atoms with van der Waals surface area (Å²) in [4.78, 5) is 0. The number of phosphoric ester groups is 1. The second-order valence-electron chi connectivity index (χ2n) is 5.56. The molecule has 26 heavy (non-hydrogen) atoms. The van der Waals surface area contributed by atoms with Gasteiger partial charge in [0.2, 0.25) is 0 Å². The van der Waals surface area contributed by atoms with Crippen LogP contribution in [0.3, 0.4) is 0 Å². The molecule has 0 aliphatic carbocycles. The quantitative estimate of drug-likeness (QED) is 0.477. The highest BCUT2D eigenvalue weighted by molar-refractivity contribution is 7.49. The molecule has 0 spiro atoms. The second kappa shape index (κ2) is 7.67. The van der Waals surface area contributed by atoms with Crippen molar-refractivity contribution in [3.63, 3.8) is 0 Å². The zero-order valence-corrected chi connectivity index (χ0v) is 15.1. The van der Waals surface area contributed by atoms with E-state index in [1.54, 1.807) is 50.2 Å². The summed E-state index contributed by atoms with van der Waals surface area (Å²) in [5.41, 5.74) is 0.820. The molecule has 0 radical (unpaired) electrons. The van der Waals surface area contributed by atoms with Crippen LogP contribution in [0, 0.1) is 20.7 Å². The van der Waals surface area contributed by atoms with Crippen LogP contribution in [-0.2, 0) is 4.57 Å². The molecule has 0 heterocycles. The van der Waals surface area contributed by atoms with Crippen LogP contribution in [0.15, 0.2) is 72.7 Å². The maximum absolute atomic E-state index is 13.7. The number of hydrogen-bond donors (Lipinski definition) is 0. The average molecular weight is 375 g/mol. The third-order valence-corrected chi connectivity index (χ3v) is 4.49. The van der Waals surface area contributed by atoms with Crippen molar-refractivity contribution in [3.8, 4) is 17.2 Å². The van der Waals surface area contributed by atoms with Crippen molar-refractivity contribution in [2.45, 2.75) is 20.7 Å². The molecule has 0 saturated carbocycles. The summed E-state index contributed by atoms with van der Waals surface area (Å²) in [6.07, 6.45) is 0. The molecular weight excluding hydrogens is 347 g/mol. The Hall–Kier alpha value is -2.71. The Labute approximate surface area is 163 Å². The molecule has 0 aliphatic rings. The van der Waals surface area contributed by atoms with Crippen LogP contribution in [-0.4, -0.2) is 0 Å². The minimum Gasteiger partial charge on any atom is -0.386 e. The maximum atomic E-state index is 13.7. The summed E-state index contributed by atoms with van der Waals surface area (Å²) in [7, 11) is -4.62. The molecule has 4 nitrogen and oxygen atoms in total.